The Labute approximate surface area is 254 Å². The van der Waals surface area contributed by atoms with Crippen LogP contribution in [0, 0.1) is 58.2 Å². The molecule has 0 aromatic heterocycles. The predicted octanol–water partition coefficient (Wildman–Crippen LogP) is 13.5. The molecule has 0 aromatic carbocycles. The van der Waals surface area contributed by atoms with E-state index < -0.39 is 0 Å². The van der Waals surface area contributed by atoms with Gasteiger partial charge in [-0.05, 0) is 96.7 Å². The van der Waals surface area contributed by atoms with Crippen LogP contribution in [0.2, 0.25) is 0 Å². The molecule has 0 radical (unpaired) electrons. The second-order valence-corrected chi connectivity index (χ2v) is 16.9. The second-order valence-electron chi connectivity index (χ2n) is 16.9. The van der Waals surface area contributed by atoms with Crippen molar-refractivity contribution >= 4 is 0 Å². The minimum atomic E-state index is 0.482. The summed E-state index contributed by atoms with van der Waals surface area (Å²) in [5.41, 5.74) is 1.05. The summed E-state index contributed by atoms with van der Waals surface area (Å²) < 4.78 is 0. The lowest BCUT2D eigenvalue weighted by Gasteiger charge is -2.43. The van der Waals surface area contributed by atoms with Gasteiger partial charge in [0.05, 0.1) is 0 Å². The highest BCUT2D eigenvalue weighted by atomic mass is 14.4. The van der Waals surface area contributed by atoms with Gasteiger partial charge in [-0.1, -0.05) is 158 Å². The van der Waals surface area contributed by atoms with Crippen LogP contribution in [0.25, 0.3) is 0 Å². The summed E-state index contributed by atoms with van der Waals surface area (Å²) in [5.74, 6) is 6.75. The molecular formula is C40H74. The van der Waals surface area contributed by atoms with Gasteiger partial charge in [-0.25, -0.2) is 0 Å². The Hall–Kier alpha value is -0.520. The molecule has 0 bridgehead atoms. The largest absolute Gasteiger partial charge is 0.0883 e. The van der Waals surface area contributed by atoms with Crippen molar-refractivity contribution in [2.75, 3.05) is 0 Å². The van der Waals surface area contributed by atoms with Crippen LogP contribution in [0.1, 0.15) is 172 Å². The average Bonchev–Trinajstić information content (AvgIpc) is 2.85. The van der Waals surface area contributed by atoms with Crippen molar-refractivity contribution in [1.29, 1.82) is 0 Å². The van der Waals surface area contributed by atoms with Gasteiger partial charge in [-0.2, -0.15) is 0 Å². The zero-order valence-corrected chi connectivity index (χ0v) is 29.2. The molecule has 2 rings (SSSR count). The highest BCUT2D eigenvalue weighted by Crippen LogP contribution is 2.47. The molecule has 0 unspecified atom stereocenters. The molecule has 2 aliphatic carbocycles. The fourth-order valence-corrected chi connectivity index (χ4v) is 8.67. The molecule has 8 atom stereocenters. The zero-order chi connectivity index (χ0) is 29.8. The smallest absolute Gasteiger partial charge is 0.0156 e. The van der Waals surface area contributed by atoms with Gasteiger partial charge in [0, 0.05) is 0 Å². The molecule has 0 aliphatic heterocycles. The summed E-state index contributed by atoms with van der Waals surface area (Å²) in [6.07, 6.45) is 32.5. The minimum absolute atomic E-state index is 0.482. The Morgan fingerprint density at radius 1 is 0.650 bits per heavy atom. The van der Waals surface area contributed by atoms with E-state index in [1.807, 2.05) is 0 Å². The van der Waals surface area contributed by atoms with Crippen LogP contribution in [0.15, 0.2) is 24.3 Å². The summed E-state index contributed by atoms with van der Waals surface area (Å²) in [5, 5.41) is 0. The highest BCUT2D eigenvalue weighted by molar-refractivity contribution is 5.01. The molecule has 0 heterocycles. The number of hydrogen-bond acceptors (Lipinski definition) is 0. The van der Waals surface area contributed by atoms with Gasteiger partial charge in [-0.3, -0.25) is 0 Å². The first-order valence-corrected chi connectivity index (χ1v) is 18.1. The molecule has 0 heteroatoms. The van der Waals surface area contributed by atoms with Crippen molar-refractivity contribution in [1.82, 2.24) is 0 Å². The molecule has 2 saturated carbocycles. The fraction of sp³-hybridized carbons (Fsp3) is 0.900. The van der Waals surface area contributed by atoms with Gasteiger partial charge in [0.2, 0.25) is 0 Å². The third-order valence-corrected chi connectivity index (χ3v) is 11.8. The lowest BCUT2D eigenvalue weighted by molar-refractivity contribution is 0.0706. The molecule has 2 aliphatic rings. The van der Waals surface area contributed by atoms with Gasteiger partial charge in [0.1, 0.15) is 0 Å². The molecule has 0 spiro atoms. The lowest BCUT2D eigenvalue weighted by Crippen LogP contribution is -2.33. The maximum atomic E-state index is 2.60. The van der Waals surface area contributed by atoms with E-state index in [2.05, 4.69) is 93.5 Å². The van der Waals surface area contributed by atoms with E-state index in [1.165, 1.54) is 103 Å². The van der Waals surface area contributed by atoms with Crippen molar-refractivity contribution < 1.29 is 0 Å². The van der Waals surface area contributed by atoms with E-state index in [0.717, 1.165) is 47.3 Å². The van der Waals surface area contributed by atoms with Crippen molar-refractivity contribution in [2.24, 2.45) is 58.2 Å². The summed E-state index contributed by atoms with van der Waals surface area (Å²) >= 11 is 0. The van der Waals surface area contributed by atoms with Crippen molar-refractivity contribution in [2.45, 2.75) is 172 Å². The van der Waals surface area contributed by atoms with E-state index in [9.17, 15) is 0 Å². The van der Waals surface area contributed by atoms with Gasteiger partial charge < -0.3 is 0 Å². The quantitative estimate of drug-likeness (QED) is 0.157. The molecular weight excluding hydrogens is 480 g/mol. The normalized spacial score (nSPS) is 29.9. The van der Waals surface area contributed by atoms with Gasteiger partial charge in [0.15, 0.2) is 0 Å². The van der Waals surface area contributed by atoms with Crippen LogP contribution in [-0.4, -0.2) is 0 Å². The summed E-state index contributed by atoms with van der Waals surface area (Å²) in [7, 11) is 0. The molecule has 0 saturated heterocycles. The Morgan fingerprint density at radius 3 is 1.75 bits per heavy atom. The fourth-order valence-electron chi connectivity index (χ4n) is 8.67. The van der Waals surface area contributed by atoms with Gasteiger partial charge in [0.25, 0.3) is 0 Å². The number of allylic oxidation sites excluding steroid dienone is 4. The maximum Gasteiger partial charge on any atom is -0.0156 e. The summed E-state index contributed by atoms with van der Waals surface area (Å²) in [6, 6.07) is 0. The standard InChI is InChI=1S/C40H74/c1-31(19-13-21-33(3)25-27-37-35(5)23-15-29-39(37,7)8)17-11-12-18-32(2)20-14-22-34(4)26-28-38-36(6)24-16-30-40(38,9)10/h11-12,25,27,31-38H,13-24,26,28-30H2,1-10H3/b12-11+,27-25+/t31-,32-,33+,34+,35-,36-,37+,38+/m1/s1. The third-order valence-electron chi connectivity index (χ3n) is 11.8. The second kappa shape index (κ2) is 17.6. The van der Waals surface area contributed by atoms with Crippen LogP contribution < -0.4 is 0 Å². The number of hydrogen-bond donors (Lipinski definition) is 0. The molecule has 0 N–H and O–H groups in total. The van der Waals surface area contributed by atoms with E-state index >= 15 is 0 Å². The third kappa shape index (κ3) is 12.8. The van der Waals surface area contributed by atoms with Gasteiger partial charge in [-0.15, -0.1) is 0 Å². The Balaban J connectivity index is 1.53. The number of rotatable bonds is 17. The molecule has 0 aromatic rings. The highest BCUT2D eigenvalue weighted by Gasteiger charge is 2.36. The van der Waals surface area contributed by atoms with Crippen molar-refractivity contribution in [3.8, 4) is 0 Å². The van der Waals surface area contributed by atoms with Gasteiger partial charge >= 0.3 is 0 Å². The minimum Gasteiger partial charge on any atom is -0.0883 e. The molecule has 0 nitrogen and oxygen atoms in total. The monoisotopic (exact) mass is 555 g/mol. The van der Waals surface area contributed by atoms with E-state index in [0.29, 0.717) is 10.8 Å². The predicted molar refractivity (Wildman–Crippen MR) is 182 cm³/mol. The van der Waals surface area contributed by atoms with E-state index in [1.54, 1.807) is 0 Å². The van der Waals surface area contributed by atoms with E-state index in [4.69, 9.17) is 0 Å². The van der Waals surface area contributed by atoms with Crippen LogP contribution >= 0.6 is 0 Å². The molecule has 0 amide bonds. The van der Waals surface area contributed by atoms with E-state index in [-0.39, 0.29) is 0 Å². The first-order valence-electron chi connectivity index (χ1n) is 18.1. The average molecular weight is 555 g/mol. The Morgan fingerprint density at radius 2 is 1.18 bits per heavy atom. The van der Waals surface area contributed by atoms with Crippen LogP contribution in [-0.2, 0) is 0 Å². The van der Waals surface area contributed by atoms with Crippen LogP contribution in [0.4, 0.5) is 0 Å². The summed E-state index contributed by atoms with van der Waals surface area (Å²) in [6.45, 7) is 24.9. The van der Waals surface area contributed by atoms with Crippen LogP contribution in [0.5, 0.6) is 0 Å². The topological polar surface area (TPSA) is 0 Å². The molecule has 234 valence electrons. The Bertz CT molecular complexity index is 722. The maximum absolute atomic E-state index is 2.60. The zero-order valence-electron chi connectivity index (χ0n) is 29.2. The first kappa shape index (κ1) is 35.7. The van der Waals surface area contributed by atoms with Crippen molar-refractivity contribution in [3.05, 3.63) is 24.3 Å². The first-order chi connectivity index (χ1) is 18.8. The molecule has 40 heavy (non-hydrogen) atoms. The Kier molecular flexibility index (Phi) is 15.7. The lowest BCUT2D eigenvalue weighted by atomic mass is 9.62. The van der Waals surface area contributed by atoms with Crippen LogP contribution in [0.3, 0.4) is 0 Å². The summed E-state index contributed by atoms with van der Waals surface area (Å²) in [4.78, 5) is 0. The van der Waals surface area contributed by atoms with Crippen molar-refractivity contribution in [3.63, 3.8) is 0 Å². The molecule has 2 fully saturated rings. The SMILES string of the molecule is C[C@@H](CCC[C@H](C)C/C=C/C[C@@H](C)CCC[C@H](C)/C=C/[C@H]1[C@H](C)CCCC1(C)C)CC[C@H]1[C@H](C)CCCC1(C)C.